The van der Waals surface area contributed by atoms with Crippen LogP contribution in [0.15, 0.2) is 123 Å². The van der Waals surface area contributed by atoms with Crippen molar-refractivity contribution in [2.45, 2.75) is 32.7 Å². The monoisotopic (exact) mass is 742 g/mol. The van der Waals surface area contributed by atoms with Gasteiger partial charge in [-0.05, 0) is 46.2 Å². The fourth-order valence-corrected chi connectivity index (χ4v) is 7.19. The van der Waals surface area contributed by atoms with Gasteiger partial charge in [0.2, 0.25) is 0 Å². The standard InChI is InChI=1S/C31H26N4O14S2/c36-27-14-13-21-19-25(43-15-7-17-45-28-30(34(37)48-32-28)50(39,40)22-9-3-1-4-10-22)26(20-24(21)47-27)44-16-8-18-46-29-31(35(38)49-33-29)51(41,42)23-11-5-2-6-12-23/h1-6,9-14,19-20H,7-8,15-18H2. The van der Waals surface area contributed by atoms with Crippen molar-refractivity contribution in [3.05, 3.63) is 106 Å². The Morgan fingerprint density at radius 2 is 1.06 bits per heavy atom. The Labute approximate surface area is 287 Å². The summed E-state index contributed by atoms with van der Waals surface area (Å²) in [5, 5.41) is 30.0. The van der Waals surface area contributed by atoms with Gasteiger partial charge in [0.05, 0.1) is 46.5 Å². The summed E-state index contributed by atoms with van der Waals surface area (Å²) >= 11 is 0. The molecule has 0 fully saturated rings. The molecule has 0 bridgehead atoms. The molecule has 0 aliphatic carbocycles. The SMILES string of the molecule is O=c1ccc2cc(OCCCOc3no[n+]([O-])c3S(=O)(=O)c3ccccc3)c(OCCCOc3no[n+]([O-])c3S(=O)(=O)c3ccccc3)cc2o1. The molecular formula is C31H26N4O14S2. The van der Waals surface area contributed by atoms with Crippen molar-refractivity contribution in [3.63, 3.8) is 0 Å². The Kier molecular flexibility index (Phi) is 10.0. The van der Waals surface area contributed by atoms with Gasteiger partial charge in [0.1, 0.15) is 5.58 Å². The maximum Gasteiger partial charge on any atom is 0.414 e. The van der Waals surface area contributed by atoms with Crippen molar-refractivity contribution in [1.82, 2.24) is 10.3 Å². The van der Waals surface area contributed by atoms with E-state index in [0.717, 1.165) is 0 Å². The van der Waals surface area contributed by atoms with E-state index in [-0.39, 0.29) is 75.9 Å². The minimum atomic E-state index is -4.29. The molecule has 0 saturated carbocycles. The van der Waals surface area contributed by atoms with Crippen LogP contribution in [-0.2, 0) is 19.7 Å². The maximum absolute atomic E-state index is 13.0. The first-order valence-electron chi connectivity index (χ1n) is 14.9. The van der Waals surface area contributed by atoms with Crippen molar-refractivity contribution < 1.29 is 59.3 Å². The van der Waals surface area contributed by atoms with Crippen LogP contribution in [0.2, 0.25) is 0 Å². The fraction of sp³-hybridized carbons (Fsp3) is 0.194. The Morgan fingerprint density at radius 3 is 1.55 bits per heavy atom. The summed E-state index contributed by atoms with van der Waals surface area (Å²) in [6.45, 7) is -0.226. The highest BCUT2D eigenvalue weighted by Gasteiger charge is 2.37. The lowest BCUT2D eigenvalue weighted by Crippen LogP contribution is -2.31. The van der Waals surface area contributed by atoms with Gasteiger partial charge in [0, 0.05) is 30.4 Å². The third-order valence-electron chi connectivity index (χ3n) is 6.97. The second-order valence-corrected chi connectivity index (χ2v) is 14.1. The highest BCUT2D eigenvalue weighted by atomic mass is 32.2. The summed E-state index contributed by atoms with van der Waals surface area (Å²) in [6.07, 6.45) is 0.365. The van der Waals surface area contributed by atoms with Gasteiger partial charge in [-0.1, -0.05) is 36.4 Å². The van der Waals surface area contributed by atoms with Gasteiger partial charge in [-0.25, -0.2) is 21.6 Å². The van der Waals surface area contributed by atoms with Gasteiger partial charge in [0.25, 0.3) is 19.7 Å². The van der Waals surface area contributed by atoms with Crippen molar-refractivity contribution in [1.29, 1.82) is 0 Å². The summed E-state index contributed by atoms with van der Waals surface area (Å²) in [5.74, 6) is -0.595. The number of ether oxygens (including phenoxy) is 4. The van der Waals surface area contributed by atoms with Crippen LogP contribution in [0.5, 0.6) is 23.3 Å². The van der Waals surface area contributed by atoms with Crippen LogP contribution < -0.4 is 34.4 Å². The third-order valence-corrected chi connectivity index (χ3v) is 10.4. The van der Waals surface area contributed by atoms with E-state index in [1.54, 1.807) is 18.2 Å². The van der Waals surface area contributed by atoms with Gasteiger partial charge in [-0.15, -0.1) is 0 Å². The summed E-state index contributed by atoms with van der Waals surface area (Å²) in [4.78, 5) is 11.0. The van der Waals surface area contributed by atoms with E-state index >= 15 is 0 Å². The quantitative estimate of drug-likeness (QED) is 0.0785. The lowest BCUT2D eigenvalue weighted by atomic mass is 10.2. The van der Waals surface area contributed by atoms with Crippen LogP contribution in [-0.4, -0.2) is 53.6 Å². The second-order valence-electron chi connectivity index (χ2n) is 10.4. The molecule has 0 aliphatic heterocycles. The van der Waals surface area contributed by atoms with Crippen LogP contribution in [0.25, 0.3) is 11.0 Å². The van der Waals surface area contributed by atoms with E-state index in [1.165, 1.54) is 66.7 Å². The molecule has 6 aromatic rings. The molecule has 3 aromatic carbocycles. The third kappa shape index (κ3) is 7.55. The maximum atomic E-state index is 13.0. The van der Waals surface area contributed by atoms with Crippen molar-refractivity contribution >= 4 is 30.6 Å². The minimum Gasteiger partial charge on any atom is -0.490 e. The van der Waals surface area contributed by atoms with Crippen LogP contribution in [0.3, 0.4) is 0 Å². The average Bonchev–Trinajstić information content (AvgIpc) is 3.70. The molecule has 51 heavy (non-hydrogen) atoms. The number of aromatic nitrogens is 4. The number of hydrogen-bond donors (Lipinski definition) is 0. The number of hydrogen-bond acceptors (Lipinski definition) is 16. The van der Waals surface area contributed by atoms with Crippen LogP contribution in [0.4, 0.5) is 0 Å². The predicted octanol–water partition coefficient (Wildman–Crippen LogP) is 2.40. The molecule has 0 saturated heterocycles. The predicted molar refractivity (Wildman–Crippen MR) is 168 cm³/mol. The first kappa shape index (κ1) is 34.7. The molecule has 0 aliphatic rings. The molecule has 18 nitrogen and oxygen atoms in total. The molecule has 0 amide bonds. The van der Waals surface area contributed by atoms with Gasteiger partial charge in [-0.2, -0.15) is 0 Å². The van der Waals surface area contributed by atoms with E-state index in [4.69, 9.17) is 23.4 Å². The van der Waals surface area contributed by atoms with E-state index in [1.807, 2.05) is 0 Å². The first-order valence-corrected chi connectivity index (χ1v) is 17.9. The van der Waals surface area contributed by atoms with Gasteiger partial charge < -0.3 is 33.8 Å². The molecule has 3 aromatic heterocycles. The van der Waals surface area contributed by atoms with Gasteiger partial charge >= 0.3 is 27.4 Å². The highest BCUT2D eigenvalue weighted by Crippen LogP contribution is 2.33. The molecule has 0 unspecified atom stereocenters. The zero-order valence-electron chi connectivity index (χ0n) is 26.1. The molecule has 3 heterocycles. The van der Waals surface area contributed by atoms with Crippen molar-refractivity contribution in [2.24, 2.45) is 0 Å². The average molecular weight is 743 g/mol. The zero-order chi connectivity index (χ0) is 36.0. The van der Waals surface area contributed by atoms with E-state index in [2.05, 4.69) is 19.6 Å². The van der Waals surface area contributed by atoms with Gasteiger partial charge in [0.15, 0.2) is 11.5 Å². The lowest BCUT2D eigenvalue weighted by molar-refractivity contribution is -0.832. The Morgan fingerprint density at radius 1 is 0.608 bits per heavy atom. The molecular weight excluding hydrogens is 716 g/mol. The number of benzene rings is 3. The Bertz CT molecular complexity index is 2410. The largest absolute Gasteiger partial charge is 0.490 e. The molecule has 0 atom stereocenters. The number of sulfone groups is 2. The second kappa shape index (κ2) is 14.8. The van der Waals surface area contributed by atoms with Crippen LogP contribution in [0.1, 0.15) is 12.8 Å². The summed E-state index contributed by atoms with van der Waals surface area (Å²) < 4.78 is 88.7. The highest BCUT2D eigenvalue weighted by molar-refractivity contribution is 7.91. The fourth-order valence-electron chi connectivity index (χ4n) is 4.60. The molecule has 0 radical (unpaired) electrons. The number of rotatable bonds is 16. The molecule has 6 rings (SSSR count). The molecule has 0 spiro atoms. The molecule has 266 valence electrons. The number of nitrogens with zero attached hydrogens (tertiary/aromatic N) is 4. The first-order chi connectivity index (χ1) is 24.6. The number of fused-ring (bicyclic) bond motifs is 1. The smallest absolute Gasteiger partial charge is 0.414 e. The Balaban J connectivity index is 1.07. The lowest BCUT2D eigenvalue weighted by Gasteiger charge is -2.14. The van der Waals surface area contributed by atoms with Crippen LogP contribution >= 0.6 is 0 Å². The topological polar surface area (TPSA) is 241 Å². The van der Waals surface area contributed by atoms with E-state index in [0.29, 0.717) is 5.39 Å². The van der Waals surface area contributed by atoms with Crippen molar-refractivity contribution in [2.75, 3.05) is 26.4 Å². The minimum absolute atomic E-state index is 0.00193. The van der Waals surface area contributed by atoms with Gasteiger partial charge in [-0.3, -0.25) is 9.26 Å². The summed E-state index contributed by atoms with van der Waals surface area (Å²) in [7, 11) is -8.58. The molecule has 20 heteroatoms. The zero-order valence-corrected chi connectivity index (χ0v) is 27.8. The normalized spacial score (nSPS) is 11.8. The molecule has 0 N–H and O–H groups in total. The Hall–Kier alpha value is -6.15. The van der Waals surface area contributed by atoms with E-state index < -0.39 is 47.1 Å². The summed E-state index contributed by atoms with van der Waals surface area (Å²) in [6, 6.07) is 20.3. The van der Waals surface area contributed by atoms with Crippen LogP contribution in [0, 0.1) is 10.4 Å². The summed E-state index contributed by atoms with van der Waals surface area (Å²) in [5.41, 5.74) is -0.370. The van der Waals surface area contributed by atoms with E-state index in [9.17, 15) is 32.0 Å². The van der Waals surface area contributed by atoms with Crippen molar-refractivity contribution in [3.8, 4) is 23.3 Å².